The highest BCUT2D eigenvalue weighted by molar-refractivity contribution is 5.89. The van der Waals surface area contributed by atoms with Gasteiger partial charge in [0, 0.05) is 26.8 Å². The van der Waals surface area contributed by atoms with Crippen LogP contribution in [0.3, 0.4) is 0 Å². The van der Waals surface area contributed by atoms with Gasteiger partial charge in [-0.05, 0) is 30.5 Å². The highest BCUT2D eigenvalue weighted by Gasteiger charge is 2.34. The molecule has 2 aromatic carbocycles. The first-order valence-electron chi connectivity index (χ1n) is 11.2. The Kier molecular flexibility index (Phi) is 7.64. The third kappa shape index (κ3) is 5.55. The summed E-state index contributed by atoms with van der Waals surface area (Å²) in [6.45, 7) is 1.70. The van der Waals surface area contributed by atoms with Gasteiger partial charge in [0.25, 0.3) is 0 Å². The molecule has 0 radical (unpaired) electrons. The number of amides is 2. The average Bonchev–Trinajstić information content (AvgIpc) is 3.50. The van der Waals surface area contributed by atoms with Crippen LogP contribution in [0.25, 0.3) is 11.0 Å². The third-order valence-electron chi connectivity index (χ3n) is 5.73. The van der Waals surface area contributed by atoms with E-state index in [1.165, 1.54) is 0 Å². The van der Waals surface area contributed by atoms with E-state index in [-0.39, 0.29) is 24.5 Å². The minimum atomic E-state index is -0.797. The van der Waals surface area contributed by atoms with Crippen LogP contribution in [0.15, 0.2) is 54.6 Å². The fourth-order valence-corrected chi connectivity index (χ4v) is 4.09. The summed E-state index contributed by atoms with van der Waals surface area (Å²) in [5, 5.41) is 11.2. The van der Waals surface area contributed by atoms with E-state index in [4.69, 9.17) is 9.47 Å². The number of carbonyl (C=O) groups is 2. The quantitative estimate of drug-likeness (QED) is 0.473. The Balaban J connectivity index is 1.64. The van der Waals surface area contributed by atoms with Gasteiger partial charge in [-0.3, -0.25) is 9.59 Å². The summed E-state index contributed by atoms with van der Waals surface area (Å²) in [7, 11) is 1.58. The molecule has 1 fully saturated rings. The number of para-hydroxylation sites is 1. The summed E-state index contributed by atoms with van der Waals surface area (Å²) in [4.78, 5) is 28.6. The van der Waals surface area contributed by atoms with E-state index in [0.29, 0.717) is 31.8 Å². The van der Waals surface area contributed by atoms with Crippen LogP contribution < -0.4 is 5.32 Å². The second-order valence-corrected chi connectivity index (χ2v) is 8.01. The summed E-state index contributed by atoms with van der Waals surface area (Å²) in [5.41, 5.74) is 2.22. The van der Waals surface area contributed by atoms with Crippen molar-refractivity contribution in [1.82, 2.24) is 25.2 Å². The smallest absolute Gasteiger partial charge is 0.247 e. The lowest BCUT2D eigenvalue weighted by Gasteiger charge is -2.33. The van der Waals surface area contributed by atoms with Crippen molar-refractivity contribution in [2.75, 3.05) is 33.4 Å². The van der Waals surface area contributed by atoms with E-state index in [2.05, 4.69) is 15.6 Å². The van der Waals surface area contributed by atoms with Crippen LogP contribution in [0, 0.1) is 0 Å². The summed E-state index contributed by atoms with van der Waals surface area (Å²) >= 11 is 0. The maximum atomic E-state index is 13.7. The monoisotopic (exact) mass is 451 g/mol. The van der Waals surface area contributed by atoms with Crippen molar-refractivity contribution < 1.29 is 19.1 Å². The first kappa shape index (κ1) is 22.9. The van der Waals surface area contributed by atoms with Crippen molar-refractivity contribution in [3.8, 4) is 0 Å². The van der Waals surface area contributed by atoms with Crippen molar-refractivity contribution >= 4 is 22.8 Å². The Bertz CT molecular complexity index is 1060. The van der Waals surface area contributed by atoms with Crippen LogP contribution in [0.5, 0.6) is 0 Å². The first-order valence-corrected chi connectivity index (χ1v) is 11.2. The van der Waals surface area contributed by atoms with Crippen LogP contribution in [0.4, 0.5) is 0 Å². The lowest BCUT2D eigenvalue weighted by molar-refractivity contribution is -0.143. The molecular weight excluding hydrogens is 422 g/mol. The predicted octanol–water partition coefficient (Wildman–Crippen LogP) is 1.94. The number of aromatic nitrogens is 3. The van der Waals surface area contributed by atoms with Crippen molar-refractivity contribution in [3.63, 3.8) is 0 Å². The summed E-state index contributed by atoms with van der Waals surface area (Å²) < 4.78 is 12.5. The number of nitrogens with zero attached hydrogens (tertiary/aromatic N) is 4. The molecule has 0 unspecified atom stereocenters. The minimum Gasteiger partial charge on any atom is -0.383 e. The van der Waals surface area contributed by atoms with E-state index in [9.17, 15) is 9.59 Å². The molecule has 2 atom stereocenters. The number of carbonyl (C=O) groups excluding carboxylic acids is 2. The fraction of sp³-hybridized carbons (Fsp3) is 0.417. The van der Waals surface area contributed by atoms with Gasteiger partial charge in [-0.2, -0.15) is 0 Å². The van der Waals surface area contributed by atoms with Crippen LogP contribution >= 0.6 is 0 Å². The lowest BCUT2D eigenvalue weighted by atomic mass is 10.0. The summed E-state index contributed by atoms with van der Waals surface area (Å²) in [6, 6.07) is 16.0. The van der Waals surface area contributed by atoms with Gasteiger partial charge in [-0.25, -0.2) is 4.68 Å². The van der Waals surface area contributed by atoms with Gasteiger partial charge < -0.3 is 19.7 Å². The highest BCUT2D eigenvalue weighted by atomic mass is 16.5. The van der Waals surface area contributed by atoms with E-state index < -0.39 is 6.04 Å². The molecule has 1 N–H and O–H groups in total. The molecular formula is C24H29N5O4. The maximum Gasteiger partial charge on any atom is 0.247 e. The number of hydrogen-bond donors (Lipinski definition) is 1. The standard InChI is InChI=1S/C24H29N5O4/c1-32-15-13-25-24(31)23(18-8-3-2-4-9-18)28(16-19-10-7-14-33-19)22(30)17-29-21-12-6-5-11-20(21)26-27-29/h2-6,8-9,11-12,19,23H,7,10,13-17H2,1H3,(H,25,31)/t19-,23-/m0/s1. The van der Waals surface area contributed by atoms with E-state index in [1.807, 2.05) is 54.6 Å². The molecule has 0 bridgehead atoms. The molecule has 2 heterocycles. The second kappa shape index (κ2) is 11.0. The van der Waals surface area contributed by atoms with Gasteiger partial charge in [-0.15, -0.1) is 5.10 Å². The molecule has 1 aromatic heterocycles. The average molecular weight is 452 g/mol. The first-order chi connectivity index (χ1) is 16.2. The number of benzene rings is 2. The Morgan fingerprint density at radius 2 is 2.00 bits per heavy atom. The second-order valence-electron chi connectivity index (χ2n) is 8.01. The minimum absolute atomic E-state index is 0.0259. The van der Waals surface area contributed by atoms with Crippen LogP contribution in [0.1, 0.15) is 24.4 Å². The zero-order valence-electron chi connectivity index (χ0n) is 18.7. The Morgan fingerprint density at radius 1 is 1.21 bits per heavy atom. The van der Waals surface area contributed by atoms with Gasteiger partial charge in [0.15, 0.2) is 0 Å². The number of nitrogens with one attached hydrogen (secondary N) is 1. The molecule has 9 heteroatoms. The Labute approximate surface area is 192 Å². The third-order valence-corrected chi connectivity index (χ3v) is 5.73. The number of fused-ring (bicyclic) bond motifs is 1. The molecule has 2 amide bonds. The topological polar surface area (TPSA) is 98.6 Å². The van der Waals surface area contributed by atoms with E-state index in [0.717, 1.165) is 23.9 Å². The molecule has 0 saturated carbocycles. The SMILES string of the molecule is COCCNC(=O)[C@H](c1ccccc1)N(C[C@@H]1CCCO1)C(=O)Cn1nnc2ccccc21. The van der Waals surface area contributed by atoms with E-state index in [1.54, 1.807) is 16.7 Å². The van der Waals surface area contributed by atoms with Gasteiger partial charge in [0.1, 0.15) is 18.1 Å². The molecule has 9 nitrogen and oxygen atoms in total. The van der Waals surface area contributed by atoms with Gasteiger partial charge in [0.05, 0.1) is 18.2 Å². The largest absolute Gasteiger partial charge is 0.383 e. The van der Waals surface area contributed by atoms with Gasteiger partial charge in [-0.1, -0.05) is 47.7 Å². The zero-order chi connectivity index (χ0) is 23.0. The van der Waals surface area contributed by atoms with Crippen molar-refractivity contribution in [3.05, 3.63) is 60.2 Å². The Morgan fingerprint density at radius 3 is 2.76 bits per heavy atom. The highest BCUT2D eigenvalue weighted by Crippen LogP contribution is 2.25. The molecule has 0 aliphatic carbocycles. The Hall–Kier alpha value is -3.30. The molecule has 1 saturated heterocycles. The van der Waals surface area contributed by atoms with Crippen molar-refractivity contribution in [2.45, 2.75) is 31.5 Å². The van der Waals surface area contributed by atoms with Gasteiger partial charge >= 0.3 is 0 Å². The van der Waals surface area contributed by atoms with Crippen LogP contribution in [-0.4, -0.2) is 71.2 Å². The molecule has 174 valence electrons. The molecule has 1 aliphatic rings. The van der Waals surface area contributed by atoms with Crippen molar-refractivity contribution in [1.29, 1.82) is 0 Å². The summed E-state index contributed by atoms with van der Waals surface area (Å²) in [6.07, 6.45) is 1.68. The number of methoxy groups -OCH3 is 1. The van der Waals surface area contributed by atoms with Crippen molar-refractivity contribution in [2.24, 2.45) is 0 Å². The molecule has 4 rings (SSSR count). The molecule has 1 aliphatic heterocycles. The van der Waals surface area contributed by atoms with Crippen LogP contribution in [0.2, 0.25) is 0 Å². The van der Waals surface area contributed by atoms with Crippen LogP contribution in [-0.2, 0) is 25.6 Å². The zero-order valence-corrected chi connectivity index (χ0v) is 18.7. The summed E-state index contributed by atoms with van der Waals surface area (Å²) in [5.74, 6) is -0.482. The number of ether oxygens (including phenoxy) is 2. The lowest BCUT2D eigenvalue weighted by Crippen LogP contribution is -2.48. The predicted molar refractivity (Wildman–Crippen MR) is 122 cm³/mol. The molecule has 33 heavy (non-hydrogen) atoms. The van der Waals surface area contributed by atoms with Gasteiger partial charge in [0.2, 0.25) is 11.8 Å². The number of hydrogen-bond acceptors (Lipinski definition) is 6. The number of rotatable bonds is 10. The maximum absolute atomic E-state index is 13.7. The normalized spacial score (nSPS) is 16.6. The molecule has 0 spiro atoms. The molecule has 3 aromatic rings. The van der Waals surface area contributed by atoms with E-state index >= 15 is 0 Å². The fourth-order valence-electron chi connectivity index (χ4n) is 4.09.